The molecule has 1 aromatic carbocycles. The Morgan fingerprint density at radius 1 is 1.41 bits per heavy atom. The van der Waals surface area contributed by atoms with Crippen LogP contribution in [-0.4, -0.2) is 52.2 Å². The van der Waals surface area contributed by atoms with Gasteiger partial charge in [0, 0.05) is 26.7 Å². The van der Waals surface area contributed by atoms with Crippen molar-refractivity contribution in [3.63, 3.8) is 0 Å². The predicted molar refractivity (Wildman–Crippen MR) is 86.7 cm³/mol. The second-order valence-electron chi connectivity index (χ2n) is 4.89. The summed E-state index contributed by atoms with van der Waals surface area (Å²) in [6.45, 7) is 3.69. The minimum Gasteiger partial charge on any atom is -0.357 e. The third-order valence-electron chi connectivity index (χ3n) is 2.74. The van der Waals surface area contributed by atoms with E-state index in [-0.39, 0.29) is 12.4 Å². The number of sulfonamides is 1. The van der Waals surface area contributed by atoms with Crippen molar-refractivity contribution in [3.8, 4) is 0 Å². The van der Waals surface area contributed by atoms with Gasteiger partial charge in [0.15, 0.2) is 5.96 Å². The second kappa shape index (κ2) is 8.70. The Labute approximate surface area is 131 Å². The lowest BCUT2D eigenvalue weighted by atomic mass is 10.2. The van der Waals surface area contributed by atoms with Crippen molar-refractivity contribution in [2.24, 2.45) is 4.99 Å². The van der Waals surface area contributed by atoms with Crippen molar-refractivity contribution in [1.29, 1.82) is 0 Å². The zero-order valence-corrected chi connectivity index (χ0v) is 14.0. The molecule has 0 saturated heterocycles. The highest BCUT2D eigenvalue weighted by atomic mass is 32.2. The number of benzene rings is 1. The van der Waals surface area contributed by atoms with E-state index in [4.69, 9.17) is 0 Å². The van der Waals surface area contributed by atoms with Gasteiger partial charge >= 0.3 is 0 Å². The maximum absolute atomic E-state index is 13.2. The van der Waals surface area contributed by atoms with Crippen LogP contribution >= 0.6 is 0 Å². The standard InChI is InChI=1S/C14H23FN4O2S/c1-4-16-14(17-8-9-18-22(3,20)21)19(2)11-12-6-5-7-13(15)10-12/h5-7,10,18H,4,8-9,11H2,1-3H3,(H,16,17). The topological polar surface area (TPSA) is 73.8 Å². The number of rotatable bonds is 7. The first-order valence-corrected chi connectivity index (χ1v) is 8.89. The van der Waals surface area contributed by atoms with Gasteiger partial charge in [-0.05, 0) is 24.6 Å². The maximum Gasteiger partial charge on any atom is 0.208 e. The SMILES string of the molecule is CCNC(=NCCNS(C)(=O)=O)N(C)Cc1cccc(F)c1. The van der Waals surface area contributed by atoms with E-state index in [1.54, 1.807) is 6.07 Å². The first-order chi connectivity index (χ1) is 10.3. The van der Waals surface area contributed by atoms with Crippen molar-refractivity contribution >= 4 is 16.0 Å². The number of nitrogens with zero attached hydrogens (tertiary/aromatic N) is 2. The van der Waals surface area contributed by atoms with Gasteiger partial charge in [-0.15, -0.1) is 0 Å². The summed E-state index contributed by atoms with van der Waals surface area (Å²) in [5.41, 5.74) is 0.836. The first kappa shape index (κ1) is 18.4. The number of hydrogen-bond donors (Lipinski definition) is 2. The Morgan fingerprint density at radius 2 is 2.14 bits per heavy atom. The lowest BCUT2D eigenvalue weighted by Gasteiger charge is -2.22. The molecule has 0 aromatic heterocycles. The normalized spacial score (nSPS) is 12.3. The monoisotopic (exact) mass is 330 g/mol. The number of nitrogens with one attached hydrogen (secondary N) is 2. The van der Waals surface area contributed by atoms with Crippen LogP contribution in [0.1, 0.15) is 12.5 Å². The fourth-order valence-electron chi connectivity index (χ4n) is 1.85. The molecule has 0 heterocycles. The molecule has 0 unspecified atom stereocenters. The summed E-state index contributed by atoms with van der Waals surface area (Å²) >= 11 is 0. The van der Waals surface area contributed by atoms with E-state index in [1.165, 1.54) is 12.1 Å². The average Bonchev–Trinajstić information content (AvgIpc) is 2.41. The molecule has 1 aromatic rings. The Morgan fingerprint density at radius 3 is 2.73 bits per heavy atom. The van der Waals surface area contributed by atoms with Crippen LogP contribution in [0.2, 0.25) is 0 Å². The molecule has 0 fully saturated rings. The molecule has 0 saturated carbocycles. The predicted octanol–water partition coefficient (Wildman–Crippen LogP) is 0.772. The van der Waals surface area contributed by atoms with Crippen LogP contribution < -0.4 is 10.0 Å². The molecule has 0 aliphatic rings. The minimum absolute atomic E-state index is 0.238. The van der Waals surface area contributed by atoms with E-state index in [0.717, 1.165) is 11.8 Å². The smallest absolute Gasteiger partial charge is 0.208 e. The van der Waals surface area contributed by atoms with Gasteiger partial charge in [-0.25, -0.2) is 17.5 Å². The van der Waals surface area contributed by atoms with Crippen molar-refractivity contribution in [2.45, 2.75) is 13.5 Å². The van der Waals surface area contributed by atoms with Gasteiger partial charge in [0.05, 0.1) is 12.8 Å². The van der Waals surface area contributed by atoms with Crippen molar-refractivity contribution < 1.29 is 12.8 Å². The Hall–Kier alpha value is -1.67. The van der Waals surface area contributed by atoms with Crippen LogP contribution in [0.25, 0.3) is 0 Å². The first-order valence-electron chi connectivity index (χ1n) is 7.00. The van der Waals surface area contributed by atoms with Crippen molar-refractivity contribution in [1.82, 2.24) is 14.9 Å². The van der Waals surface area contributed by atoms with Crippen LogP contribution in [0.3, 0.4) is 0 Å². The molecule has 0 spiro atoms. The third kappa shape index (κ3) is 7.37. The second-order valence-corrected chi connectivity index (χ2v) is 6.72. The molecule has 0 radical (unpaired) electrons. The fraction of sp³-hybridized carbons (Fsp3) is 0.500. The summed E-state index contributed by atoms with van der Waals surface area (Å²) < 4.78 is 37.6. The maximum atomic E-state index is 13.2. The highest BCUT2D eigenvalue weighted by molar-refractivity contribution is 7.88. The van der Waals surface area contributed by atoms with E-state index in [0.29, 0.717) is 25.6 Å². The molecule has 2 N–H and O–H groups in total. The van der Waals surface area contributed by atoms with Gasteiger partial charge in [0.2, 0.25) is 10.0 Å². The summed E-state index contributed by atoms with van der Waals surface area (Å²) in [5.74, 6) is 0.368. The van der Waals surface area contributed by atoms with Gasteiger partial charge in [-0.1, -0.05) is 12.1 Å². The highest BCUT2D eigenvalue weighted by Gasteiger charge is 2.07. The van der Waals surface area contributed by atoms with Gasteiger partial charge in [-0.3, -0.25) is 4.99 Å². The zero-order valence-electron chi connectivity index (χ0n) is 13.1. The van der Waals surface area contributed by atoms with E-state index >= 15 is 0 Å². The molecule has 0 aliphatic carbocycles. The van der Waals surface area contributed by atoms with Gasteiger partial charge in [-0.2, -0.15) is 0 Å². The zero-order chi connectivity index (χ0) is 16.6. The van der Waals surface area contributed by atoms with E-state index in [2.05, 4.69) is 15.0 Å². The molecule has 124 valence electrons. The average molecular weight is 330 g/mol. The number of aliphatic imine (C=N–C) groups is 1. The van der Waals surface area contributed by atoms with Gasteiger partial charge < -0.3 is 10.2 Å². The molecule has 1 rings (SSSR count). The minimum atomic E-state index is -3.20. The summed E-state index contributed by atoms with van der Waals surface area (Å²) in [4.78, 5) is 6.21. The number of halogens is 1. The van der Waals surface area contributed by atoms with Crippen molar-refractivity contribution in [3.05, 3.63) is 35.6 Å². The van der Waals surface area contributed by atoms with Crippen LogP contribution in [0.15, 0.2) is 29.3 Å². The molecule has 0 atom stereocenters. The van der Waals surface area contributed by atoms with Crippen molar-refractivity contribution in [2.75, 3.05) is 32.9 Å². The molecule has 8 heteroatoms. The van der Waals surface area contributed by atoms with Crippen LogP contribution in [0.5, 0.6) is 0 Å². The van der Waals surface area contributed by atoms with Crippen LogP contribution in [-0.2, 0) is 16.6 Å². The van der Waals surface area contributed by atoms with Gasteiger partial charge in [0.1, 0.15) is 5.82 Å². The summed E-state index contributed by atoms with van der Waals surface area (Å²) in [6.07, 6.45) is 1.11. The molecule has 0 amide bonds. The molecule has 6 nitrogen and oxygen atoms in total. The summed E-state index contributed by atoms with van der Waals surface area (Å²) in [5, 5.41) is 3.12. The van der Waals surface area contributed by atoms with E-state index in [9.17, 15) is 12.8 Å². The Balaban J connectivity index is 2.64. The quantitative estimate of drug-likeness (QED) is 0.440. The highest BCUT2D eigenvalue weighted by Crippen LogP contribution is 2.06. The number of hydrogen-bond acceptors (Lipinski definition) is 3. The molecule has 22 heavy (non-hydrogen) atoms. The Kier molecular flexibility index (Phi) is 7.26. The number of guanidine groups is 1. The lowest BCUT2D eigenvalue weighted by Crippen LogP contribution is -2.39. The molecule has 0 bridgehead atoms. The Bertz CT molecular complexity index is 605. The summed E-state index contributed by atoms with van der Waals surface area (Å²) in [6, 6.07) is 6.39. The summed E-state index contributed by atoms with van der Waals surface area (Å²) in [7, 11) is -1.36. The van der Waals surface area contributed by atoms with Crippen LogP contribution in [0.4, 0.5) is 4.39 Å². The molecular weight excluding hydrogens is 307 g/mol. The molecule has 0 aliphatic heterocycles. The third-order valence-corrected chi connectivity index (χ3v) is 3.47. The molecular formula is C14H23FN4O2S. The fourth-order valence-corrected chi connectivity index (χ4v) is 2.31. The van der Waals surface area contributed by atoms with E-state index in [1.807, 2.05) is 24.9 Å². The van der Waals surface area contributed by atoms with Gasteiger partial charge in [0.25, 0.3) is 0 Å². The lowest BCUT2D eigenvalue weighted by molar-refractivity contribution is 0.475. The van der Waals surface area contributed by atoms with Crippen LogP contribution in [0, 0.1) is 5.82 Å². The largest absolute Gasteiger partial charge is 0.357 e. The van der Waals surface area contributed by atoms with E-state index < -0.39 is 10.0 Å².